The number of carbonyl (C=O) groups excluding carboxylic acids is 1. The first-order valence-corrected chi connectivity index (χ1v) is 6.05. The summed E-state index contributed by atoms with van der Waals surface area (Å²) in [5.41, 5.74) is 0. The molecular formula is C6H11OS2+. The summed E-state index contributed by atoms with van der Waals surface area (Å²) in [7, 11) is 1.96. The summed E-state index contributed by atoms with van der Waals surface area (Å²) in [6.07, 6.45) is 2.67. The molecule has 1 rings (SSSR count). The maximum absolute atomic E-state index is 10.6. The van der Waals surface area contributed by atoms with Gasteiger partial charge in [0.2, 0.25) is 5.12 Å². The highest BCUT2D eigenvalue weighted by Gasteiger charge is 2.27. The smallest absolute Gasteiger partial charge is 0.237 e. The van der Waals surface area contributed by atoms with Crippen molar-refractivity contribution in [3.8, 4) is 0 Å². The first-order valence-electron chi connectivity index (χ1n) is 3.15. The second-order valence-corrected chi connectivity index (χ2v) is 6.48. The Hall–Kier alpha value is 0.370. The quantitative estimate of drug-likeness (QED) is 0.431. The van der Waals surface area contributed by atoms with Gasteiger partial charge in [0.25, 0.3) is 0 Å². The highest BCUT2D eigenvalue weighted by Crippen LogP contribution is 2.25. The molecule has 1 aliphatic rings. The Morgan fingerprint density at radius 1 is 1.44 bits per heavy atom. The average Bonchev–Trinajstić information content (AvgIpc) is 2.15. The van der Waals surface area contributed by atoms with E-state index < -0.39 is 0 Å². The molecule has 0 saturated carbocycles. The van der Waals surface area contributed by atoms with E-state index in [1.807, 2.05) is 0 Å². The van der Waals surface area contributed by atoms with Gasteiger partial charge in [0.15, 0.2) is 10.8 Å². The van der Waals surface area contributed by atoms with Crippen molar-refractivity contribution in [2.24, 2.45) is 0 Å². The van der Waals surface area contributed by atoms with Crippen LogP contribution in [0.15, 0.2) is 0 Å². The molecule has 0 bridgehead atoms. The van der Waals surface area contributed by atoms with Gasteiger partial charge < -0.3 is 0 Å². The standard InChI is InChI=1S/C6H11OS2/c1-6(7)8-9-4-2-3-5-9/h2-5H2,1H3/q+1. The zero-order chi connectivity index (χ0) is 6.69. The first-order chi connectivity index (χ1) is 4.29. The predicted molar refractivity (Wildman–Crippen MR) is 44.6 cm³/mol. The minimum Gasteiger partial charge on any atom is -0.283 e. The van der Waals surface area contributed by atoms with Crippen LogP contribution in [-0.2, 0) is 14.7 Å². The zero-order valence-corrected chi connectivity index (χ0v) is 7.19. The number of carbonyl (C=O) groups is 1. The van der Waals surface area contributed by atoms with Crippen LogP contribution in [0.2, 0.25) is 0 Å². The summed E-state index contributed by atoms with van der Waals surface area (Å²) in [6, 6.07) is 0. The lowest BCUT2D eigenvalue weighted by atomic mass is 10.4. The molecule has 0 aliphatic carbocycles. The van der Waals surface area contributed by atoms with Crippen molar-refractivity contribution in [1.82, 2.24) is 0 Å². The fourth-order valence-electron chi connectivity index (χ4n) is 0.877. The Morgan fingerprint density at radius 2 is 2.00 bits per heavy atom. The Labute approximate surface area is 62.3 Å². The van der Waals surface area contributed by atoms with Crippen molar-refractivity contribution in [2.45, 2.75) is 19.8 Å². The molecule has 1 nitrogen and oxygen atoms in total. The van der Waals surface area contributed by atoms with E-state index in [2.05, 4.69) is 0 Å². The van der Waals surface area contributed by atoms with E-state index in [-0.39, 0.29) is 0 Å². The Balaban J connectivity index is 2.19. The summed E-state index contributed by atoms with van der Waals surface area (Å²) in [4.78, 5) is 10.6. The molecule has 1 heterocycles. The molecule has 1 fully saturated rings. The second-order valence-electron chi connectivity index (χ2n) is 2.13. The SMILES string of the molecule is CC(=O)S[S+]1CCCC1. The van der Waals surface area contributed by atoms with Gasteiger partial charge >= 0.3 is 0 Å². The Kier molecular flexibility index (Phi) is 2.92. The maximum atomic E-state index is 10.6. The van der Waals surface area contributed by atoms with E-state index in [4.69, 9.17) is 0 Å². The van der Waals surface area contributed by atoms with Crippen LogP contribution in [0.25, 0.3) is 0 Å². The number of hydrogen-bond acceptors (Lipinski definition) is 2. The molecule has 1 aliphatic heterocycles. The second kappa shape index (κ2) is 3.52. The van der Waals surface area contributed by atoms with Crippen molar-refractivity contribution in [2.75, 3.05) is 11.5 Å². The molecule has 0 N–H and O–H groups in total. The highest BCUT2D eigenvalue weighted by molar-refractivity contribution is 8.79. The summed E-state index contributed by atoms with van der Waals surface area (Å²) >= 11 is 0. The van der Waals surface area contributed by atoms with Crippen LogP contribution in [0.4, 0.5) is 0 Å². The molecule has 0 spiro atoms. The van der Waals surface area contributed by atoms with Crippen LogP contribution in [0, 0.1) is 0 Å². The van der Waals surface area contributed by atoms with Crippen LogP contribution in [0.1, 0.15) is 19.8 Å². The van der Waals surface area contributed by atoms with Crippen molar-refractivity contribution >= 4 is 25.8 Å². The van der Waals surface area contributed by atoms with Crippen LogP contribution < -0.4 is 0 Å². The van der Waals surface area contributed by atoms with Gasteiger partial charge in [0, 0.05) is 6.92 Å². The van der Waals surface area contributed by atoms with E-state index >= 15 is 0 Å². The lowest BCUT2D eigenvalue weighted by Crippen LogP contribution is -1.99. The average molecular weight is 163 g/mol. The molecule has 0 unspecified atom stereocenters. The third kappa shape index (κ3) is 2.63. The van der Waals surface area contributed by atoms with Gasteiger partial charge in [-0.1, -0.05) is 0 Å². The molecule has 0 amide bonds. The van der Waals surface area contributed by atoms with E-state index in [1.54, 1.807) is 17.7 Å². The molecule has 0 aromatic rings. The zero-order valence-electron chi connectivity index (χ0n) is 5.55. The van der Waals surface area contributed by atoms with Gasteiger partial charge in [-0.3, -0.25) is 4.79 Å². The van der Waals surface area contributed by atoms with Crippen molar-refractivity contribution < 1.29 is 4.79 Å². The fraction of sp³-hybridized carbons (Fsp3) is 0.833. The molecule has 0 radical (unpaired) electrons. The summed E-state index contributed by atoms with van der Waals surface area (Å²) < 4.78 is 0. The molecule has 1 saturated heterocycles. The van der Waals surface area contributed by atoms with E-state index in [1.165, 1.54) is 24.3 Å². The van der Waals surface area contributed by atoms with Gasteiger partial charge in [-0.2, -0.15) is 0 Å². The van der Waals surface area contributed by atoms with Gasteiger partial charge in [-0.15, -0.1) is 0 Å². The molecule has 0 aromatic carbocycles. The Bertz CT molecular complexity index is 108. The largest absolute Gasteiger partial charge is 0.283 e. The van der Waals surface area contributed by atoms with Crippen molar-refractivity contribution in [3.05, 3.63) is 0 Å². The third-order valence-corrected chi connectivity index (χ3v) is 5.60. The molecule has 3 heteroatoms. The van der Waals surface area contributed by atoms with Gasteiger partial charge in [0.05, 0.1) is 9.93 Å². The molecule has 9 heavy (non-hydrogen) atoms. The monoisotopic (exact) mass is 163 g/mol. The van der Waals surface area contributed by atoms with Gasteiger partial charge in [0.1, 0.15) is 11.5 Å². The normalized spacial score (nSPS) is 20.6. The minimum atomic E-state index is 0.292. The summed E-state index contributed by atoms with van der Waals surface area (Å²) in [5, 5.41) is 0.292. The first kappa shape index (κ1) is 7.48. The van der Waals surface area contributed by atoms with Crippen LogP contribution in [-0.4, -0.2) is 16.6 Å². The topological polar surface area (TPSA) is 17.1 Å². The van der Waals surface area contributed by atoms with Crippen LogP contribution in [0.5, 0.6) is 0 Å². The molecular weight excluding hydrogens is 152 g/mol. The lowest BCUT2D eigenvalue weighted by Gasteiger charge is -1.90. The van der Waals surface area contributed by atoms with Gasteiger partial charge in [-0.25, -0.2) is 0 Å². The molecule has 0 aromatic heterocycles. The number of hydrogen-bond donors (Lipinski definition) is 0. The minimum absolute atomic E-state index is 0.292. The van der Waals surface area contributed by atoms with Crippen molar-refractivity contribution in [1.29, 1.82) is 0 Å². The van der Waals surface area contributed by atoms with E-state index in [9.17, 15) is 4.79 Å². The Morgan fingerprint density at radius 3 is 2.44 bits per heavy atom. The lowest BCUT2D eigenvalue weighted by molar-refractivity contribution is -0.109. The summed E-state index contributed by atoms with van der Waals surface area (Å²) in [5.74, 6) is 2.56. The molecule has 0 atom stereocenters. The van der Waals surface area contributed by atoms with E-state index in [0.717, 1.165) is 0 Å². The molecule has 52 valence electrons. The fourth-order valence-corrected chi connectivity index (χ4v) is 4.84. The maximum Gasteiger partial charge on any atom is 0.237 e. The van der Waals surface area contributed by atoms with Gasteiger partial charge in [-0.05, 0) is 12.8 Å². The summed E-state index contributed by atoms with van der Waals surface area (Å²) in [6.45, 7) is 1.66. The van der Waals surface area contributed by atoms with E-state index in [0.29, 0.717) is 15.0 Å². The van der Waals surface area contributed by atoms with Crippen molar-refractivity contribution in [3.63, 3.8) is 0 Å². The third-order valence-electron chi connectivity index (χ3n) is 1.23. The van der Waals surface area contributed by atoms with Crippen LogP contribution >= 0.6 is 10.8 Å². The number of rotatable bonds is 1. The predicted octanol–water partition coefficient (Wildman–Crippen LogP) is 1.59. The van der Waals surface area contributed by atoms with Crippen LogP contribution in [0.3, 0.4) is 0 Å². The highest BCUT2D eigenvalue weighted by atomic mass is 33.1.